The number of terminal acetylenes is 1. The van der Waals surface area contributed by atoms with E-state index in [-0.39, 0.29) is 30.5 Å². The zero-order valence-electron chi connectivity index (χ0n) is 22.8. The van der Waals surface area contributed by atoms with Gasteiger partial charge in [-0.1, -0.05) is 29.4 Å². The van der Waals surface area contributed by atoms with Gasteiger partial charge in [0.15, 0.2) is 16.3 Å². The molecule has 0 unspecified atom stereocenters. The van der Waals surface area contributed by atoms with Crippen LogP contribution in [0.5, 0.6) is 17.2 Å². The first kappa shape index (κ1) is 29.2. The van der Waals surface area contributed by atoms with Crippen LogP contribution in [0.3, 0.4) is 0 Å². The maximum Gasteiger partial charge on any atom is 0.338 e. The van der Waals surface area contributed by atoms with Crippen molar-refractivity contribution in [3.05, 3.63) is 83.0 Å². The summed E-state index contributed by atoms with van der Waals surface area (Å²) in [6.07, 6.45) is 7.00. The lowest BCUT2D eigenvalue weighted by atomic mass is 9.95. The van der Waals surface area contributed by atoms with E-state index in [1.165, 1.54) is 15.9 Å². The van der Waals surface area contributed by atoms with Crippen LogP contribution >= 0.6 is 27.3 Å². The fourth-order valence-corrected chi connectivity index (χ4v) is 5.86. The highest BCUT2D eigenvalue weighted by atomic mass is 79.9. The highest BCUT2D eigenvalue weighted by Crippen LogP contribution is 2.36. The number of rotatable bonds is 9. The smallest absolute Gasteiger partial charge is 0.338 e. The van der Waals surface area contributed by atoms with Crippen molar-refractivity contribution < 1.29 is 23.7 Å². The molecule has 1 aliphatic rings. The number of hydrogen-bond donors (Lipinski definition) is 0. The number of aromatic nitrogens is 1. The Morgan fingerprint density at radius 3 is 2.62 bits per heavy atom. The number of benzene rings is 2. The van der Waals surface area contributed by atoms with Gasteiger partial charge in [0, 0.05) is 0 Å². The van der Waals surface area contributed by atoms with Gasteiger partial charge in [0.2, 0.25) is 0 Å². The van der Waals surface area contributed by atoms with Crippen molar-refractivity contribution in [1.29, 1.82) is 0 Å². The van der Waals surface area contributed by atoms with Crippen molar-refractivity contribution >= 4 is 39.3 Å². The van der Waals surface area contributed by atoms with Gasteiger partial charge in [0.1, 0.15) is 12.4 Å². The van der Waals surface area contributed by atoms with Gasteiger partial charge in [0.05, 0.1) is 46.1 Å². The van der Waals surface area contributed by atoms with Crippen LogP contribution in [-0.2, 0) is 9.53 Å². The number of allylic oxidation sites excluding steroid dienone is 1. The summed E-state index contributed by atoms with van der Waals surface area (Å²) in [4.78, 5) is 32.2. The van der Waals surface area contributed by atoms with Gasteiger partial charge in [-0.15, -0.1) is 6.42 Å². The molecule has 0 saturated heterocycles. The van der Waals surface area contributed by atoms with E-state index < -0.39 is 12.0 Å². The molecule has 3 aromatic rings. The predicted octanol–water partition coefficient (Wildman–Crippen LogP) is 4.37. The van der Waals surface area contributed by atoms with Crippen molar-refractivity contribution in [3.8, 4) is 29.6 Å². The van der Waals surface area contributed by atoms with Crippen LogP contribution in [0, 0.1) is 12.3 Å². The number of carbonyl (C=O) groups is 1. The number of carbonyl (C=O) groups excluding carboxylic acids is 1. The summed E-state index contributed by atoms with van der Waals surface area (Å²) in [5.41, 5.74) is 1.93. The van der Waals surface area contributed by atoms with Gasteiger partial charge in [-0.3, -0.25) is 9.36 Å². The Kier molecular flexibility index (Phi) is 9.17. The number of methoxy groups -OCH3 is 1. The molecule has 0 radical (unpaired) electrons. The van der Waals surface area contributed by atoms with Gasteiger partial charge in [-0.05, 0) is 85.1 Å². The maximum absolute atomic E-state index is 13.9. The van der Waals surface area contributed by atoms with Crippen LogP contribution in [0.15, 0.2) is 61.9 Å². The maximum atomic E-state index is 13.9. The Morgan fingerprint density at radius 2 is 1.98 bits per heavy atom. The van der Waals surface area contributed by atoms with Crippen LogP contribution in [-0.4, -0.2) is 37.0 Å². The Bertz CT molecular complexity index is 1700. The van der Waals surface area contributed by atoms with Crippen LogP contribution < -0.4 is 29.1 Å². The summed E-state index contributed by atoms with van der Waals surface area (Å²) in [6, 6.07) is 10.1. The first-order valence-corrected chi connectivity index (χ1v) is 14.2. The minimum Gasteiger partial charge on any atom is -0.493 e. The summed E-state index contributed by atoms with van der Waals surface area (Å²) >= 11 is 4.74. The average molecular weight is 626 g/mol. The highest BCUT2D eigenvalue weighted by molar-refractivity contribution is 9.10. The molecule has 0 N–H and O–H groups in total. The van der Waals surface area contributed by atoms with E-state index in [1.54, 1.807) is 45.2 Å². The number of fused-ring (bicyclic) bond motifs is 1. The molecule has 208 valence electrons. The Hall–Kier alpha value is -3.81. The van der Waals surface area contributed by atoms with E-state index in [2.05, 4.69) is 26.8 Å². The van der Waals surface area contributed by atoms with Gasteiger partial charge in [-0.2, -0.15) is 0 Å². The lowest BCUT2D eigenvalue weighted by Gasteiger charge is -2.25. The number of thiazole rings is 1. The predicted molar refractivity (Wildman–Crippen MR) is 158 cm³/mol. The summed E-state index contributed by atoms with van der Waals surface area (Å²) in [6.45, 7) is 7.66. The summed E-state index contributed by atoms with van der Waals surface area (Å²) in [5.74, 6) is 3.56. The van der Waals surface area contributed by atoms with Crippen molar-refractivity contribution in [2.75, 3.05) is 20.3 Å². The minimum atomic E-state index is -0.772. The topological polar surface area (TPSA) is 88.3 Å². The van der Waals surface area contributed by atoms with Gasteiger partial charge < -0.3 is 18.9 Å². The van der Waals surface area contributed by atoms with E-state index in [4.69, 9.17) is 25.4 Å². The lowest BCUT2D eigenvalue weighted by molar-refractivity contribution is -0.139. The summed E-state index contributed by atoms with van der Waals surface area (Å²) < 4.78 is 25.1. The molecule has 1 aliphatic heterocycles. The molecular formula is C30H29BrN2O6S. The number of halogens is 1. The standard InChI is InChI=1S/C30H29BrN2O6S/c1-7-13-38-22-11-9-19(14-21(22)31)15-25-28(34)33-27(20-10-12-23(39-17(3)4)24(16-20)36-6)26(29(35)37-8-2)18(5)32-30(33)40-25/h1,9-12,14-17,27H,8,13H2,2-6H3/b25-15-/t27-/m1/s1. The van der Waals surface area contributed by atoms with Crippen molar-refractivity contribution in [2.24, 2.45) is 4.99 Å². The number of nitrogens with zero attached hydrogens (tertiary/aromatic N) is 2. The first-order valence-electron chi connectivity index (χ1n) is 12.6. The summed E-state index contributed by atoms with van der Waals surface area (Å²) in [7, 11) is 1.55. The fraction of sp³-hybridized carbons (Fsp3) is 0.300. The molecule has 0 aliphatic carbocycles. The second kappa shape index (κ2) is 12.6. The van der Waals surface area contributed by atoms with Crippen LogP contribution in [0.2, 0.25) is 0 Å². The zero-order chi connectivity index (χ0) is 29.0. The second-order valence-corrected chi connectivity index (χ2v) is 10.9. The Morgan fingerprint density at radius 1 is 1.23 bits per heavy atom. The molecule has 0 fully saturated rings. The molecule has 0 amide bonds. The van der Waals surface area contributed by atoms with E-state index in [0.29, 0.717) is 42.3 Å². The molecule has 1 atom stereocenters. The van der Waals surface area contributed by atoms with Crippen molar-refractivity contribution in [1.82, 2.24) is 4.57 Å². The second-order valence-electron chi connectivity index (χ2n) is 9.06. The van der Waals surface area contributed by atoms with E-state index in [9.17, 15) is 9.59 Å². The minimum absolute atomic E-state index is 0.0624. The zero-order valence-corrected chi connectivity index (χ0v) is 25.2. The van der Waals surface area contributed by atoms with Crippen LogP contribution in [0.4, 0.5) is 0 Å². The molecule has 0 spiro atoms. The molecule has 2 heterocycles. The monoisotopic (exact) mass is 624 g/mol. The summed E-state index contributed by atoms with van der Waals surface area (Å²) in [5, 5.41) is 0. The largest absolute Gasteiger partial charge is 0.493 e. The van der Waals surface area contributed by atoms with E-state index >= 15 is 0 Å². The normalized spacial score (nSPS) is 14.8. The highest BCUT2D eigenvalue weighted by Gasteiger charge is 2.34. The SMILES string of the molecule is C#CCOc1ccc(/C=c2\sc3n(c2=O)[C@H](c2ccc(OC(C)C)c(OC)c2)C(C(=O)OCC)=C(C)N=3)cc1Br. The van der Waals surface area contributed by atoms with Gasteiger partial charge >= 0.3 is 5.97 Å². The third-order valence-corrected chi connectivity index (χ3v) is 7.55. The van der Waals surface area contributed by atoms with Crippen molar-refractivity contribution in [3.63, 3.8) is 0 Å². The average Bonchev–Trinajstić information content (AvgIpc) is 3.21. The van der Waals surface area contributed by atoms with Crippen molar-refractivity contribution in [2.45, 2.75) is 39.8 Å². The molecule has 10 heteroatoms. The molecule has 1 aromatic heterocycles. The lowest BCUT2D eigenvalue weighted by Crippen LogP contribution is -2.40. The fourth-order valence-electron chi connectivity index (χ4n) is 4.31. The molecule has 0 saturated carbocycles. The molecular weight excluding hydrogens is 596 g/mol. The van der Waals surface area contributed by atoms with Crippen LogP contribution in [0.25, 0.3) is 6.08 Å². The molecule has 2 aromatic carbocycles. The third kappa shape index (κ3) is 6.01. The quantitative estimate of drug-likeness (QED) is 0.260. The molecule has 8 nitrogen and oxygen atoms in total. The van der Waals surface area contributed by atoms with E-state index in [0.717, 1.165) is 5.56 Å². The Balaban J connectivity index is 1.89. The van der Waals surface area contributed by atoms with Gasteiger partial charge in [-0.25, -0.2) is 9.79 Å². The molecule has 0 bridgehead atoms. The van der Waals surface area contributed by atoms with E-state index in [1.807, 2.05) is 32.0 Å². The Labute approximate surface area is 244 Å². The molecule has 40 heavy (non-hydrogen) atoms. The van der Waals surface area contributed by atoms with Gasteiger partial charge in [0.25, 0.3) is 5.56 Å². The first-order chi connectivity index (χ1) is 19.2. The van der Waals surface area contributed by atoms with Crippen LogP contribution in [0.1, 0.15) is 44.9 Å². The number of ether oxygens (including phenoxy) is 4. The number of hydrogen-bond acceptors (Lipinski definition) is 8. The third-order valence-electron chi connectivity index (χ3n) is 5.95. The number of esters is 1. The molecule has 4 rings (SSSR count).